The third-order valence-electron chi connectivity index (χ3n) is 3.71. The Balaban J connectivity index is 1.94. The van der Waals surface area contributed by atoms with Crippen molar-refractivity contribution in [3.63, 3.8) is 0 Å². The highest BCUT2D eigenvalue weighted by molar-refractivity contribution is 5.74. The molecule has 0 saturated heterocycles. The van der Waals surface area contributed by atoms with E-state index < -0.39 is 0 Å². The second-order valence-electron chi connectivity index (χ2n) is 4.96. The summed E-state index contributed by atoms with van der Waals surface area (Å²) >= 11 is 0. The van der Waals surface area contributed by atoms with Crippen LogP contribution in [0.15, 0.2) is 24.3 Å². The fourth-order valence-electron chi connectivity index (χ4n) is 2.76. The van der Waals surface area contributed by atoms with Gasteiger partial charge in [-0.25, -0.2) is 4.98 Å². The van der Waals surface area contributed by atoms with Crippen molar-refractivity contribution < 1.29 is 5.11 Å². The van der Waals surface area contributed by atoms with Gasteiger partial charge in [0.2, 0.25) is 5.95 Å². The number of hydrogen-bond donors (Lipinski definition) is 1. The molecule has 5 nitrogen and oxygen atoms in total. The Kier molecular flexibility index (Phi) is 3.55. The van der Waals surface area contributed by atoms with Crippen molar-refractivity contribution in [2.24, 2.45) is 0 Å². The van der Waals surface area contributed by atoms with Crippen LogP contribution in [-0.4, -0.2) is 39.5 Å². The van der Waals surface area contributed by atoms with Gasteiger partial charge in [0.25, 0.3) is 0 Å². The predicted octanol–water partition coefficient (Wildman–Crippen LogP) is 1.77. The van der Waals surface area contributed by atoms with Gasteiger partial charge in [0.05, 0.1) is 12.1 Å². The van der Waals surface area contributed by atoms with E-state index in [2.05, 4.69) is 20.1 Å². The molecule has 0 amide bonds. The number of aliphatic hydroxyl groups excluding tert-OH is 1. The Hall–Kier alpha value is -1.75. The standard InChI is InChI=1S/C14H18N4O/c19-10-9-18(11-5-1-2-6-11)14-15-12-7-3-4-8-13(12)16-17-14/h3-4,7-8,11,19H,1-2,5-6,9-10H2. The molecule has 0 unspecified atom stereocenters. The number of rotatable bonds is 4. The number of para-hydroxylation sites is 1. The number of hydrogen-bond acceptors (Lipinski definition) is 5. The number of benzene rings is 1. The van der Waals surface area contributed by atoms with Gasteiger partial charge < -0.3 is 10.0 Å². The highest BCUT2D eigenvalue weighted by atomic mass is 16.3. The number of fused-ring (bicyclic) bond motifs is 1. The molecular weight excluding hydrogens is 240 g/mol. The van der Waals surface area contributed by atoms with Crippen molar-refractivity contribution in [2.75, 3.05) is 18.1 Å². The highest BCUT2D eigenvalue weighted by Gasteiger charge is 2.24. The highest BCUT2D eigenvalue weighted by Crippen LogP contribution is 2.26. The van der Waals surface area contributed by atoms with Crippen LogP contribution in [-0.2, 0) is 0 Å². The van der Waals surface area contributed by atoms with Crippen LogP contribution in [0.3, 0.4) is 0 Å². The lowest BCUT2D eigenvalue weighted by molar-refractivity contribution is 0.296. The third-order valence-corrected chi connectivity index (χ3v) is 3.71. The van der Waals surface area contributed by atoms with Gasteiger partial charge in [-0.05, 0) is 25.0 Å². The number of nitrogens with zero attached hydrogens (tertiary/aromatic N) is 4. The van der Waals surface area contributed by atoms with Gasteiger partial charge in [0.1, 0.15) is 5.52 Å². The maximum atomic E-state index is 9.25. The molecule has 1 heterocycles. The third kappa shape index (κ3) is 2.51. The SMILES string of the molecule is OCCN(c1nnc2ccccc2n1)C1CCCC1. The zero-order chi connectivity index (χ0) is 13.1. The Bertz CT molecular complexity index is 554. The van der Waals surface area contributed by atoms with Crippen LogP contribution in [0.5, 0.6) is 0 Å². The van der Waals surface area contributed by atoms with Crippen LogP contribution < -0.4 is 4.90 Å². The fraction of sp³-hybridized carbons (Fsp3) is 0.500. The fourth-order valence-corrected chi connectivity index (χ4v) is 2.76. The quantitative estimate of drug-likeness (QED) is 0.905. The zero-order valence-corrected chi connectivity index (χ0v) is 10.9. The first-order valence-corrected chi connectivity index (χ1v) is 6.85. The van der Waals surface area contributed by atoms with Crippen molar-refractivity contribution in [1.82, 2.24) is 15.2 Å². The smallest absolute Gasteiger partial charge is 0.246 e. The van der Waals surface area contributed by atoms with E-state index in [-0.39, 0.29) is 6.61 Å². The molecule has 2 aromatic rings. The Labute approximate surface area is 112 Å². The summed E-state index contributed by atoms with van der Waals surface area (Å²) in [6.45, 7) is 0.692. The summed E-state index contributed by atoms with van der Waals surface area (Å²) in [5, 5.41) is 17.7. The molecule has 0 atom stereocenters. The number of aromatic nitrogens is 3. The topological polar surface area (TPSA) is 62.1 Å². The van der Waals surface area contributed by atoms with Gasteiger partial charge in [-0.2, -0.15) is 0 Å². The molecule has 1 aliphatic carbocycles. The summed E-state index contributed by atoms with van der Waals surface area (Å²) in [6, 6.07) is 8.17. The molecule has 1 saturated carbocycles. The van der Waals surface area contributed by atoms with Crippen molar-refractivity contribution >= 4 is 17.0 Å². The first-order chi connectivity index (χ1) is 9.38. The minimum Gasteiger partial charge on any atom is -0.395 e. The second kappa shape index (κ2) is 5.48. The van der Waals surface area contributed by atoms with Crippen LogP contribution >= 0.6 is 0 Å². The maximum absolute atomic E-state index is 9.25. The van der Waals surface area contributed by atoms with Gasteiger partial charge in [-0.3, -0.25) is 0 Å². The second-order valence-corrected chi connectivity index (χ2v) is 4.96. The molecule has 0 bridgehead atoms. The average Bonchev–Trinajstić information content (AvgIpc) is 2.98. The molecule has 5 heteroatoms. The van der Waals surface area contributed by atoms with Gasteiger partial charge in [-0.15, -0.1) is 10.2 Å². The minimum absolute atomic E-state index is 0.118. The molecule has 1 aromatic heterocycles. The maximum Gasteiger partial charge on any atom is 0.246 e. The van der Waals surface area contributed by atoms with Crippen LogP contribution in [0.25, 0.3) is 11.0 Å². The summed E-state index contributed by atoms with van der Waals surface area (Å²) in [5.41, 5.74) is 1.66. The summed E-state index contributed by atoms with van der Waals surface area (Å²) in [5.74, 6) is 0.639. The first-order valence-electron chi connectivity index (χ1n) is 6.85. The van der Waals surface area contributed by atoms with Crippen LogP contribution in [0.4, 0.5) is 5.95 Å². The van der Waals surface area contributed by atoms with E-state index in [1.165, 1.54) is 12.8 Å². The van der Waals surface area contributed by atoms with Crippen molar-refractivity contribution in [3.05, 3.63) is 24.3 Å². The molecule has 19 heavy (non-hydrogen) atoms. The van der Waals surface area contributed by atoms with E-state index in [4.69, 9.17) is 0 Å². The lowest BCUT2D eigenvalue weighted by atomic mass is 10.2. The first kappa shape index (κ1) is 12.3. The van der Waals surface area contributed by atoms with Crippen molar-refractivity contribution in [3.8, 4) is 0 Å². The molecule has 1 aromatic carbocycles. The van der Waals surface area contributed by atoms with E-state index in [0.29, 0.717) is 18.5 Å². The van der Waals surface area contributed by atoms with Crippen LogP contribution in [0.1, 0.15) is 25.7 Å². The minimum atomic E-state index is 0.118. The molecular formula is C14H18N4O. The Morgan fingerprint density at radius 2 is 1.84 bits per heavy atom. The van der Waals surface area contributed by atoms with Gasteiger partial charge in [0.15, 0.2) is 0 Å². The van der Waals surface area contributed by atoms with E-state index >= 15 is 0 Å². The van der Waals surface area contributed by atoms with E-state index in [0.717, 1.165) is 23.9 Å². The zero-order valence-electron chi connectivity index (χ0n) is 10.9. The molecule has 1 fully saturated rings. The summed E-state index contributed by atoms with van der Waals surface area (Å²) in [7, 11) is 0. The summed E-state index contributed by atoms with van der Waals surface area (Å²) in [6.07, 6.45) is 4.79. The predicted molar refractivity (Wildman–Crippen MR) is 74.0 cm³/mol. The van der Waals surface area contributed by atoms with Crippen LogP contribution in [0.2, 0.25) is 0 Å². The normalized spacial score (nSPS) is 16.1. The van der Waals surface area contributed by atoms with Gasteiger partial charge in [-0.1, -0.05) is 25.0 Å². The molecule has 1 aliphatic rings. The van der Waals surface area contributed by atoms with Crippen molar-refractivity contribution in [1.29, 1.82) is 0 Å². The summed E-state index contributed by atoms with van der Waals surface area (Å²) < 4.78 is 0. The van der Waals surface area contributed by atoms with Gasteiger partial charge >= 0.3 is 0 Å². The molecule has 1 N–H and O–H groups in total. The molecule has 3 rings (SSSR count). The Morgan fingerprint density at radius 1 is 1.11 bits per heavy atom. The Morgan fingerprint density at radius 3 is 2.58 bits per heavy atom. The van der Waals surface area contributed by atoms with E-state index in [1.807, 2.05) is 24.3 Å². The monoisotopic (exact) mass is 258 g/mol. The van der Waals surface area contributed by atoms with Crippen molar-refractivity contribution in [2.45, 2.75) is 31.7 Å². The molecule has 100 valence electrons. The number of aliphatic hydroxyl groups is 1. The summed E-state index contributed by atoms with van der Waals surface area (Å²) in [4.78, 5) is 6.68. The van der Waals surface area contributed by atoms with Gasteiger partial charge in [0, 0.05) is 12.6 Å². The van der Waals surface area contributed by atoms with Crippen LogP contribution in [0, 0.1) is 0 Å². The molecule has 0 spiro atoms. The van der Waals surface area contributed by atoms with E-state index in [9.17, 15) is 5.11 Å². The number of anilines is 1. The lowest BCUT2D eigenvalue weighted by Crippen LogP contribution is -2.37. The largest absolute Gasteiger partial charge is 0.395 e. The average molecular weight is 258 g/mol. The molecule has 0 aliphatic heterocycles. The molecule has 0 radical (unpaired) electrons. The van der Waals surface area contributed by atoms with E-state index in [1.54, 1.807) is 0 Å². The lowest BCUT2D eigenvalue weighted by Gasteiger charge is -2.27.